The summed E-state index contributed by atoms with van der Waals surface area (Å²) in [5.74, 6) is 2.34. The van der Waals surface area contributed by atoms with E-state index in [0.29, 0.717) is 0 Å². The lowest BCUT2D eigenvalue weighted by Gasteiger charge is -2.05. The Morgan fingerprint density at radius 2 is 1.55 bits per heavy atom. The van der Waals surface area contributed by atoms with Crippen molar-refractivity contribution in [3.05, 3.63) is 0 Å². The van der Waals surface area contributed by atoms with Gasteiger partial charge in [-0.25, -0.2) is 0 Å². The number of hydrogen-bond acceptors (Lipinski definition) is 2. The quantitative estimate of drug-likeness (QED) is 0.599. The molecule has 0 amide bonds. The van der Waals surface area contributed by atoms with Gasteiger partial charge in [-0.2, -0.15) is 0 Å². The highest BCUT2D eigenvalue weighted by molar-refractivity contribution is 6.21. The number of nitrogens with one attached hydrogen (secondary N) is 1. The second kappa shape index (κ2) is 4.82. The molecular formula is C7H17NOSi2. The predicted octanol–water partition coefficient (Wildman–Crippen LogP) is 0.594. The fraction of sp³-hybridized carbons (Fsp3) is 1.00. The highest BCUT2D eigenvalue weighted by Gasteiger charge is 2.30. The smallest absolute Gasteiger partial charge is 0.314 e. The first kappa shape index (κ1) is 9.12. The molecule has 2 rings (SSSR count). The molecule has 4 heteroatoms. The average molecular weight is 187 g/mol. The third-order valence-electron chi connectivity index (χ3n) is 2.75. The van der Waals surface area contributed by atoms with Crippen molar-refractivity contribution in [3.8, 4) is 0 Å². The minimum absolute atomic E-state index is 0.406. The van der Waals surface area contributed by atoms with Gasteiger partial charge < -0.3 is 9.17 Å². The van der Waals surface area contributed by atoms with Gasteiger partial charge in [0, 0.05) is 0 Å². The Morgan fingerprint density at radius 3 is 1.64 bits per heavy atom. The van der Waals surface area contributed by atoms with Gasteiger partial charge in [-0.3, -0.25) is 0 Å². The normalized spacial score (nSPS) is 32.7. The van der Waals surface area contributed by atoms with E-state index in [4.69, 9.17) is 5.05 Å². The summed E-state index contributed by atoms with van der Waals surface area (Å²) < 4.78 is 4.43. The van der Waals surface area contributed by atoms with Gasteiger partial charge >= 0.3 is 9.56 Å². The minimum atomic E-state index is -0.406. The summed E-state index contributed by atoms with van der Waals surface area (Å²) >= 11 is 0. The van der Waals surface area contributed by atoms with E-state index in [0.717, 1.165) is 10.5 Å². The Morgan fingerprint density at radius 1 is 1.18 bits per heavy atom. The van der Waals surface area contributed by atoms with Gasteiger partial charge in [0.2, 0.25) is 0 Å². The fourth-order valence-corrected chi connectivity index (χ4v) is 2.17. The van der Waals surface area contributed by atoms with Crippen molar-refractivity contribution in [3.63, 3.8) is 0 Å². The lowest BCUT2D eigenvalue weighted by Crippen LogP contribution is -1.90. The van der Waals surface area contributed by atoms with Crippen LogP contribution in [0.4, 0.5) is 0 Å². The highest BCUT2D eigenvalue weighted by Crippen LogP contribution is 2.43. The molecule has 0 heterocycles. The number of hydrogen-bond donors (Lipinski definition) is 1. The molecule has 0 unspecified atom stereocenters. The van der Waals surface area contributed by atoms with Crippen LogP contribution in [0, 0.1) is 16.9 Å². The molecule has 0 aromatic heterocycles. The van der Waals surface area contributed by atoms with Crippen LogP contribution in [0.15, 0.2) is 0 Å². The SMILES string of the molecule is C1CC2CCC1C2.N=[SiH]O[SiH3]. The Bertz CT molecular complexity index is 114. The molecule has 0 saturated heterocycles. The van der Waals surface area contributed by atoms with E-state index in [9.17, 15) is 0 Å². The molecule has 0 aliphatic heterocycles. The molecule has 2 aliphatic carbocycles. The van der Waals surface area contributed by atoms with Gasteiger partial charge in [0.1, 0.15) is 0 Å². The van der Waals surface area contributed by atoms with Crippen molar-refractivity contribution >= 4 is 20.0 Å². The topological polar surface area (TPSA) is 33.1 Å². The van der Waals surface area contributed by atoms with Crippen LogP contribution in [0.2, 0.25) is 0 Å². The molecule has 0 radical (unpaired) electrons. The summed E-state index contributed by atoms with van der Waals surface area (Å²) in [6, 6.07) is 0. The fourth-order valence-electron chi connectivity index (χ4n) is 2.17. The first-order chi connectivity index (χ1) is 5.36. The zero-order chi connectivity index (χ0) is 8.10. The van der Waals surface area contributed by atoms with Gasteiger partial charge in [-0.15, -0.1) is 0 Å². The molecule has 0 spiro atoms. The van der Waals surface area contributed by atoms with Crippen LogP contribution < -0.4 is 0 Å². The van der Waals surface area contributed by atoms with Gasteiger partial charge in [-0.1, -0.05) is 25.7 Å². The summed E-state index contributed by atoms with van der Waals surface area (Å²) in [7, 11) is 0.333. The van der Waals surface area contributed by atoms with E-state index in [1.807, 2.05) is 0 Å². The summed E-state index contributed by atoms with van der Waals surface area (Å²) in [4.78, 5) is 0. The van der Waals surface area contributed by atoms with Crippen LogP contribution >= 0.6 is 0 Å². The molecular weight excluding hydrogens is 170 g/mol. The van der Waals surface area contributed by atoms with E-state index in [-0.39, 0.29) is 0 Å². The maximum absolute atomic E-state index is 6.35. The van der Waals surface area contributed by atoms with E-state index in [1.54, 1.807) is 32.1 Å². The van der Waals surface area contributed by atoms with Crippen molar-refractivity contribution in [1.29, 1.82) is 5.05 Å². The molecule has 2 aliphatic rings. The molecule has 0 aromatic rings. The van der Waals surface area contributed by atoms with Crippen molar-refractivity contribution in [1.82, 2.24) is 0 Å². The van der Waals surface area contributed by atoms with Gasteiger partial charge in [0.05, 0.1) is 0 Å². The molecule has 2 fully saturated rings. The van der Waals surface area contributed by atoms with Gasteiger partial charge in [0.15, 0.2) is 10.5 Å². The van der Waals surface area contributed by atoms with Crippen LogP contribution in [0.25, 0.3) is 0 Å². The molecule has 2 nitrogen and oxygen atoms in total. The Labute approximate surface area is 73.7 Å². The van der Waals surface area contributed by atoms with Crippen molar-refractivity contribution in [2.45, 2.75) is 32.1 Å². The zero-order valence-electron chi connectivity index (χ0n) is 7.18. The van der Waals surface area contributed by atoms with E-state index in [1.165, 1.54) is 11.8 Å². The second-order valence-electron chi connectivity index (χ2n) is 3.48. The van der Waals surface area contributed by atoms with Gasteiger partial charge in [0.25, 0.3) is 0 Å². The lowest BCUT2D eigenvalue weighted by molar-refractivity contribution is 0.480. The Kier molecular flexibility index (Phi) is 4.00. The largest absolute Gasteiger partial charge is 0.602 e. The summed E-state index contributed by atoms with van der Waals surface area (Å²) in [5, 5.41) is 6.35. The van der Waals surface area contributed by atoms with E-state index < -0.39 is 9.56 Å². The van der Waals surface area contributed by atoms with Crippen LogP contribution in [0.3, 0.4) is 0 Å². The van der Waals surface area contributed by atoms with Crippen molar-refractivity contribution in [2.24, 2.45) is 11.8 Å². The monoisotopic (exact) mass is 187 g/mol. The van der Waals surface area contributed by atoms with Crippen LogP contribution in [-0.2, 0) is 4.12 Å². The third-order valence-corrected chi connectivity index (χ3v) is 3.69. The first-order valence-corrected chi connectivity index (χ1v) is 6.25. The predicted molar refractivity (Wildman–Crippen MR) is 51.0 cm³/mol. The molecule has 2 saturated carbocycles. The molecule has 0 atom stereocenters. The second-order valence-corrected chi connectivity index (χ2v) is 5.60. The van der Waals surface area contributed by atoms with Crippen molar-refractivity contribution in [2.75, 3.05) is 0 Å². The molecule has 0 aromatic carbocycles. The third kappa shape index (κ3) is 2.87. The average Bonchev–Trinajstić information content (AvgIpc) is 2.67. The number of rotatable bonds is 1. The zero-order valence-corrected chi connectivity index (χ0v) is 10.3. The van der Waals surface area contributed by atoms with E-state index >= 15 is 0 Å². The standard InChI is InChI=1S/C7H12.H5NOSi2/c1-2-7-4-3-6(1)5-7;1-4-2-3/h6-7H,1-5H2;1,4H,3H3. The summed E-state index contributed by atoms with van der Waals surface area (Å²) in [5.41, 5.74) is 0. The van der Waals surface area contributed by atoms with Crippen LogP contribution in [-0.4, -0.2) is 20.0 Å². The maximum Gasteiger partial charge on any atom is 0.314 e. The Balaban J connectivity index is 0.000000134. The minimum Gasteiger partial charge on any atom is -0.602 e. The Hall–Kier alpha value is 0.0338. The van der Waals surface area contributed by atoms with Crippen LogP contribution in [0.1, 0.15) is 32.1 Å². The highest BCUT2D eigenvalue weighted by atomic mass is 28.3. The van der Waals surface area contributed by atoms with E-state index in [2.05, 4.69) is 4.12 Å². The van der Waals surface area contributed by atoms with Crippen molar-refractivity contribution < 1.29 is 4.12 Å². The number of fused-ring (bicyclic) bond motifs is 2. The van der Waals surface area contributed by atoms with Gasteiger partial charge in [-0.05, 0) is 18.3 Å². The summed E-state index contributed by atoms with van der Waals surface area (Å²) in [6.07, 6.45) is 7.82. The lowest BCUT2D eigenvalue weighted by atomic mass is 10.0. The first-order valence-electron chi connectivity index (χ1n) is 4.38. The molecule has 2 bridgehead atoms. The molecule has 64 valence electrons. The molecule has 11 heavy (non-hydrogen) atoms. The summed E-state index contributed by atoms with van der Waals surface area (Å²) in [6.45, 7) is 0. The van der Waals surface area contributed by atoms with Crippen LogP contribution in [0.5, 0.6) is 0 Å². The molecule has 1 N–H and O–H groups in total. The maximum atomic E-state index is 6.35.